The number of thiophene rings is 1. The second-order valence-electron chi connectivity index (χ2n) is 5.48. The lowest BCUT2D eigenvalue weighted by Gasteiger charge is -2.18. The van der Waals surface area contributed by atoms with E-state index in [-0.39, 0.29) is 5.91 Å². The van der Waals surface area contributed by atoms with Gasteiger partial charge in [0.2, 0.25) is 0 Å². The summed E-state index contributed by atoms with van der Waals surface area (Å²) in [4.78, 5) is 20.5. The van der Waals surface area contributed by atoms with Crippen molar-refractivity contribution in [2.75, 3.05) is 37.5 Å². The minimum atomic E-state index is -0.145. The molecule has 0 saturated carbocycles. The second-order valence-corrected chi connectivity index (χ2v) is 7.52. The average Bonchev–Trinajstić information content (AvgIpc) is 3.13. The van der Waals surface area contributed by atoms with Crippen molar-refractivity contribution in [3.63, 3.8) is 0 Å². The first-order chi connectivity index (χ1) is 11.6. The van der Waals surface area contributed by atoms with Crippen LogP contribution in [0.25, 0.3) is 9.53 Å². The van der Waals surface area contributed by atoms with Crippen LogP contribution in [0.1, 0.15) is 9.67 Å². The summed E-state index contributed by atoms with van der Waals surface area (Å²) >= 11 is 2.97. The van der Waals surface area contributed by atoms with Gasteiger partial charge in [0.05, 0.1) is 9.58 Å². The maximum absolute atomic E-state index is 12.5. The second kappa shape index (κ2) is 5.95. The third-order valence-electron chi connectivity index (χ3n) is 3.48. The van der Waals surface area contributed by atoms with Gasteiger partial charge in [-0.1, -0.05) is 11.3 Å². The Morgan fingerprint density at radius 1 is 1.17 bits per heavy atom. The summed E-state index contributed by atoms with van der Waals surface area (Å²) in [7, 11) is 3.91. The number of benzene rings is 1. The van der Waals surface area contributed by atoms with E-state index in [1.54, 1.807) is 17.4 Å². The zero-order valence-corrected chi connectivity index (χ0v) is 14.8. The third kappa shape index (κ3) is 2.78. The van der Waals surface area contributed by atoms with Crippen LogP contribution >= 0.6 is 22.7 Å². The Hall–Kier alpha value is -2.32. The number of carbonyl (C=O) groups excluding carboxylic acids is 1. The molecule has 2 aromatic heterocycles. The van der Waals surface area contributed by atoms with Crippen molar-refractivity contribution < 1.29 is 14.3 Å². The molecule has 1 amide bonds. The Labute approximate surface area is 146 Å². The molecule has 24 heavy (non-hydrogen) atoms. The normalized spacial score (nSPS) is 13.1. The number of nitrogens with zero attached hydrogens (tertiary/aromatic N) is 2. The lowest BCUT2D eigenvalue weighted by molar-refractivity contribution is 0.103. The maximum Gasteiger partial charge on any atom is 0.265 e. The molecule has 124 valence electrons. The van der Waals surface area contributed by atoms with Gasteiger partial charge in [0.1, 0.15) is 18.0 Å². The molecule has 3 heterocycles. The summed E-state index contributed by atoms with van der Waals surface area (Å²) in [6.07, 6.45) is 0. The number of aromatic nitrogens is 1. The standard InChI is InChI=1S/C16H15N3O3S2/c1-19(2)16-18-15-13(24-16)8-12(23-15)14(20)17-9-3-4-10-11(7-9)22-6-5-21-10/h3-4,7-8H,5-6H2,1-2H3,(H,17,20). The molecule has 4 rings (SSSR count). The van der Waals surface area contributed by atoms with Gasteiger partial charge >= 0.3 is 0 Å². The van der Waals surface area contributed by atoms with Gasteiger partial charge in [-0.25, -0.2) is 4.98 Å². The Morgan fingerprint density at radius 3 is 2.71 bits per heavy atom. The number of carbonyl (C=O) groups is 1. The van der Waals surface area contributed by atoms with Gasteiger partial charge in [0.25, 0.3) is 5.91 Å². The molecule has 0 bridgehead atoms. The zero-order chi connectivity index (χ0) is 16.7. The van der Waals surface area contributed by atoms with Crippen molar-refractivity contribution in [2.45, 2.75) is 0 Å². The summed E-state index contributed by atoms with van der Waals surface area (Å²) in [5.41, 5.74) is 0.683. The van der Waals surface area contributed by atoms with Gasteiger partial charge in [0, 0.05) is 25.8 Å². The molecule has 0 aliphatic carbocycles. The third-order valence-corrected chi connectivity index (χ3v) is 5.81. The average molecular weight is 361 g/mol. The number of hydrogen-bond donors (Lipinski definition) is 1. The van der Waals surface area contributed by atoms with E-state index in [2.05, 4.69) is 10.3 Å². The van der Waals surface area contributed by atoms with Gasteiger partial charge in [-0.15, -0.1) is 11.3 Å². The van der Waals surface area contributed by atoms with Crippen LogP contribution in [0, 0.1) is 0 Å². The predicted octanol–water partition coefficient (Wildman–Crippen LogP) is 3.45. The highest BCUT2D eigenvalue weighted by Gasteiger charge is 2.17. The molecule has 0 fully saturated rings. The summed E-state index contributed by atoms with van der Waals surface area (Å²) in [5, 5.41) is 3.84. The zero-order valence-electron chi connectivity index (χ0n) is 13.2. The topological polar surface area (TPSA) is 63.7 Å². The first-order valence-corrected chi connectivity index (χ1v) is 9.02. The van der Waals surface area contributed by atoms with Crippen LogP contribution < -0.4 is 19.7 Å². The molecule has 0 atom stereocenters. The quantitative estimate of drug-likeness (QED) is 0.774. The van der Waals surface area contributed by atoms with E-state index in [0.29, 0.717) is 35.3 Å². The first kappa shape index (κ1) is 15.2. The minimum Gasteiger partial charge on any atom is -0.486 e. The predicted molar refractivity (Wildman–Crippen MR) is 97.2 cm³/mol. The van der Waals surface area contributed by atoms with Crippen LogP contribution in [0.2, 0.25) is 0 Å². The number of anilines is 2. The summed E-state index contributed by atoms with van der Waals surface area (Å²) in [6, 6.07) is 7.29. The molecular weight excluding hydrogens is 346 g/mol. The number of rotatable bonds is 3. The monoisotopic (exact) mass is 361 g/mol. The number of ether oxygens (including phenoxy) is 2. The van der Waals surface area contributed by atoms with Crippen molar-refractivity contribution in [3.8, 4) is 11.5 Å². The Bertz CT molecular complexity index is 885. The first-order valence-electron chi connectivity index (χ1n) is 7.39. The number of hydrogen-bond acceptors (Lipinski definition) is 7. The summed E-state index contributed by atoms with van der Waals surface area (Å²) in [6.45, 7) is 1.07. The van der Waals surface area contributed by atoms with E-state index in [1.165, 1.54) is 11.3 Å². The van der Waals surface area contributed by atoms with Crippen LogP contribution in [0.5, 0.6) is 11.5 Å². The molecule has 6 nitrogen and oxygen atoms in total. The minimum absolute atomic E-state index is 0.145. The lowest BCUT2D eigenvalue weighted by atomic mass is 10.2. The summed E-state index contributed by atoms with van der Waals surface area (Å²) in [5.74, 6) is 1.22. The van der Waals surface area contributed by atoms with E-state index < -0.39 is 0 Å². The highest BCUT2D eigenvalue weighted by Crippen LogP contribution is 2.35. The molecule has 0 spiro atoms. The van der Waals surface area contributed by atoms with Crippen LogP contribution in [-0.4, -0.2) is 38.2 Å². The van der Waals surface area contributed by atoms with Gasteiger partial charge in [-0.2, -0.15) is 0 Å². The van der Waals surface area contributed by atoms with E-state index in [1.807, 2.05) is 37.2 Å². The van der Waals surface area contributed by atoms with Crippen molar-refractivity contribution in [3.05, 3.63) is 29.1 Å². The molecule has 0 radical (unpaired) electrons. The highest BCUT2D eigenvalue weighted by atomic mass is 32.1. The van der Waals surface area contributed by atoms with E-state index >= 15 is 0 Å². The largest absolute Gasteiger partial charge is 0.486 e. The van der Waals surface area contributed by atoms with Gasteiger partial charge in [-0.3, -0.25) is 4.79 Å². The fourth-order valence-electron chi connectivity index (χ4n) is 2.34. The van der Waals surface area contributed by atoms with Crippen LogP contribution in [-0.2, 0) is 0 Å². The molecule has 1 aliphatic rings. The fourth-order valence-corrected chi connectivity index (χ4v) is 4.37. The molecule has 1 aromatic carbocycles. The van der Waals surface area contributed by atoms with E-state index in [0.717, 1.165) is 14.7 Å². The number of nitrogens with one attached hydrogen (secondary N) is 1. The fraction of sp³-hybridized carbons (Fsp3) is 0.250. The molecule has 0 unspecified atom stereocenters. The van der Waals surface area contributed by atoms with E-state index in [9.17, 15) is 4.79 Å². The molecule has 1 aliphatic heterocycles. The van der Waals surface area contributed by atoms with Crippen LogP contribution in [0.3, 0.4) is 0 Å². The summed E-state index contributed by atoms with van der Waals surface area (Å²) < 4.78 is 12.0. The lowest BCUT2D eigenvalue weighted by Crippen LogP contribution is -2.16. The van der Waals surface area contributed by atoms with E-state index in [4.69, 9.17) is 9.47 Å². The number of thiazole rings is 1. The molecule has 0 saturated heterocycles. The molecular formula is C16H15N3O3S2. The van der Waals surface area contributed by atoms with Crippen LogP contribution in [0.15, 0.2) is 24.3 Å². The van der Waals surface area contributed by atoms with Crippen molar-refractivity contribution in [2.24, 2.45) is 0 Å². The smallest absolute Gasteiger partial charge is 0.265 e. The Balaban J connectivity index is 1.54. The Kier molecular flexibility index (Phi) is 3.78. The SMILES string of the molecule is CN(C)c1nc2sc(C(=O)Nc3ccc4c(c3)OCCO4)cc2s1. The van der Waals surface area contributed by atoms with Crippen LogP contribution in [0.4, 0.5) is 10.8 Å². The van der Waals surface area contributed by atoms with Gasteiger partial charge < -0.3 is 19.7 Å². The molecule has 1 N–H and O–H groups in total. The Morgan fingerprint density at radius 2 is 1.96 bits per heavy atom. The van der Waals surface area contributed by atoms with Crippen molar-refractivity contribution in [1.29, 1.82) is 0 Å². The van der Waals surface area contributed by atoms with Gasteiger partial charge in [0.15, 0.2) is 16.6 Å². The highest BCUT2D eigenvalue weighted by molar-refractivity contribution is 7.29. The number of fused-ring (bicyclic) bond motifs is 2. The van der Waals surface area contributed by atoms with Gasteiger partial charge in [-0.05, 0) is 18.2 Å². The maximum atomic E-state index is 12.5. The van der Waals surface area contributed by atoms with Crippen molar-refractivity contribution >= 4 is 48.9 Å². The number of amides is 1. The molecule has 8 heteroatoms. The molecule has 3 aromatic rings. The van der Waals surface area contributed by atoms with Crippen molar-refractivity contribution in [1.82, 2.24) is 4.98 Å².